The minimum absolute atomic E-state index is 0.708. The predicted octanol–water partition coefficient (Wildman–Crippen LogP) is 12.9. The first-order valence-electron chi connectivity index (χ1n) is 17.1. The van der Waals surface area contributed by atoms with Gasteiger partial charge < -0.3 is 0 Å². The Bertz CT molecular complexity index is 2820. The minimum Gasteiger partial charge on any atom is -0.247 e. The van der Waals surface area contributed by atoms with Gasteiger partial charge in [-0.3, -0.25) is 0 Å². The third-order valence-electron chi connectivity index (χ3n) is 9.71. The Labute approximate surface area is 299 Å². The number of nitrogens with zero attached hydrogens (tertiary/aromatic N) is 3. The van der Waals surface area contributed by atoms with Gasteiger partial charge in [0.25, 0.3) is 0 Å². The van der Waals surface area contributed by atoms with Gasteiger partial charge in [0.05, 0.1) is 22.6 Å². The molecule has 3 aromatic heterocycles. The molecule has 0 spiro atoms. The molecule has 0 saturated carbocycles. The highest BCUT2D eigenvalue weighted by molar-refractivity contribution is 7.26. The maximum absolute atomic E-state index is 5.23. The molecule has 0 radical (unpaired) electrons. The predicted molar refractivity (Wildman–Crippen MR) is 215 cm³/mol. The Hall–Kier alpha value is -6.49. The van der Waals surface area contributed by atoms with Gasteiger partial charge in [0.15, 0.2) is 5.82 Å². The van der Waals surface area contributed by atoms with Crippen LogP contribution in [-0.2, 0) is 0 Å². The highest BCUT2D eigenvalue weighted by atomic mass is 32.1. The second-order valence-electron chi connectivity index (χ2n) is 12.8. The van der Waals surface area contributed by atoms with Gasteiger partial charge in [-0.05, 0) is 29.3 Å². The van der Waals surface area contributed by atoms with E-state index in [-0.39, 0.29) is 0 Å². The molecule has 0 unspecified atom stereocenters. The van der Waals surface area contributed by atoms with Crippen LogP contribution in [0, 0.1) is 0 Å². The fraction of sp³-hybridized carbons (Fsp3) is 0. The van der Waals surface area contributed by atoms with E-state index in [1.807, 2.05) is 47.7 Å². The van der Waals surface area contributed by atoms with Crippen molar-refractivity contribution in [2.75, 3.05) is 0 Å². The van der Waals surface area contributed by atoms with E-state index in [4.69, 9.17) is 15.0 Å². The zero-order valence-electron chi connectivity index (χ0n) is 27.5. The van der Waals surface area contributed by atoms with Crippen LogP contribution in [-0.4, -0.2) is 15.0 Å². The van der Waals surface area contributed by atoms with E-state index in [1.165, 1.54) is 36.3 Å². The quantitative estimate of drug-likeness (QED) is 0.171. The molecule has 10 rings (SSSR count). The van der Waals surface area contributed by atoms with Gasteiger partial charge in [-0.25, -0.2) is 15.0 Å². The highest BCUT2D eigenvalue weighted by Gasteiger charge is 2.16. The second kappa shape index (κ2) is 12.1. The van der Waals surface area contributed by atoms with Gasteiger partial charge in [0, 0.05) is 58.6 Å². The molecule has 10 aromatic rings. The van der Waals surface area contributed by atoms with Crippen LogP contribution in [0.4, 0.5) is 0 Å². The van der Waals surface area contributed by atoms with Crippen molar-refractivity contribution in [1.29, 1.82) is 0 Å². The third kappa shape index (κ3) is 5.16. The van der Waals surface area contributed by atoms with E-state index >= 15 is 0 Å². The van der Waals surface area contributed by atoms with Crippen molar-refractivity contribution in [3.8, 4) is 56.3 Å². The van der Waals surface area contributed by atoms with Crippen molar-refractivity contribution in [1.82, 2.24) is 15.0 Å². The molecule has 0 aliphatic rings. The Kier molecular flexibility index (Phi) is 7.00. The fourth-order valence-electron chi connectivity index (χ4n) is 7.16. The maximum atomic E-state index is 5.23. The molecule has 4 heteroatoms. The van der Waals surface area contributed by atoms with Gasteiger partial charge in [0.1, 0.15) is 0 Å². The monoisotopic (exact) mass is 667 g/mol. The summed E-state index contributed by atoms with van der Waals surface area (Å²) in [7, 11) is 0. The van der Waals surface area contributed by atoms with Crippen molar-refractivity contribution >= 4 is 53.2 Å². The SMILES string of the molecule is c1ccc(-c2cc(-c3ccccc3)nc(-c3ccc(-c4ccc(-c5nc6ccccc6c6c5ccc5c7ccccc7sc56)cc4)cc3)n2)cc1. The van der Waals surface area contributed by atoms with Crippen LogP contribution in [0.2, 0.25) is 0 Å². The summed E-state index contributed by atoms with van der Waals surface area (Å²) in [6.45, 7) is 0. The Morgan fingerprint density at radius 3 is 1.55 bits per heavy atom. The summed E-state index contributed by atoms with van der Waals surface area (Å²) in [6, 6.07) is 61.8. The Morgan fingerprint density at radius 2 is 0.882 bits per heavy atom. The summed E-state index contributed by atoms with van der Waals surface area (Å²) in [4.78, 5) is 15.2. The first kappa shape index (κ1) is 29.4. The summed E-state index contributed by atoms with van der Waals surface area (Å²) in [5.41, 5.74) is 10.3. The normalized spacial score (nSPS) is 11.5. The number of rotatable bonds is 5. The summed E-state index contributed by atoms with van der Waals surface area (Å²) < 4.78 is 2.63. The third-order valence-corrected chi connectivity index (χ3v) is 10.9. The molecule has 0 aliphatic carbocycles. The summed E-state index contributed by atoms with van der Waals surface area (Å²) in [6.07, 6.45) is 0. The topological polar surface area (TPSA) is 38.7 Å². The van der Waals surface area contributed by atoms with Crippen molar-refractivity contribution in [3.63, 3.8) is 0 Å². The van der Waals surface area contributed by atoms with Crippen LogP contribution in [0.1, 0.15) is 0 Å². The average Bonchev–Trinajstić information content (AvgIpc) is 3.60. The first-order valence-corrected chi connectivity index (χ1v) is 17.9. The van der Waals surface area contributed by atoms with E-state index in [2.05, 4.69) is 140 Å². The van der Waals surface area contributed by atoms with Gasteiger partial charge in [0.2, 0.25) is 0 Å². The number of fused-ring (bicyclic) bond motifs is 7. The number of thiophene rings is 1. The molecule has 0 aliphatic heterocycles. The molecule has 0 saturated heterocycles. The molecule has 3 nitrogen and oxygen atoms in total. The standard InChI is InChI=1S/C47H29N3S/c1-3-11-32(12-4-1)41-29-42(33-13-5-2-6-14-33)50-47(49-41)35-25-21-31(22-26-35)30-19-23-34(24-20-30)45-39-28-27-37-36-15-8-10-18-43(36)51-46(37)44(39)38-16-7-9-17-40(38)48-45/h1-29H. The summed E-state index contributed by atoms with van der Waals surface area (Å²) in [5, 5.41) is 6.27. The number of hydrogen-bond donors (Lipinski definition) is 0. The maximum Gasteiger partial charge on any atom is 0.160 e. The first-order chi connectivity index (χ1) is 25.3. The van der Waals surface area contributed by atoms with E-state index < -0.39 is 0 Å². The van der Waals surface area contributed by atoms with Gasteiger partial charge in [-0.2, -0.15) is 0 Å². The molecule has 7 aromatic carbocycles. The van der Waals surface area contributed by atoms with E-state index in [1.54, 1.807) is 0 Å². The molecule has 238 valence electrons. The van der Waals surface area contributed by atoms with Crippen molar-refractivity contribution in [2.24, 2.45) is 0 Å². The molecule has 3 heterocycles. The lowest BCUT2D eigenvalue weighted by atomic mass is 9.96. The van der Waals surface area contributed by atoms with Crippen molar-refractivity contribution in [2.45, 2.75) is 0 Å². The zero-order chi connectivity index (χ0) is 33.7. The molecule has 0 atom stereocenters. The fourth-order valence-corrected chi connectivity index (χ4v) is 8.42. The van der Waals surface area contributed by atoms with Gasteiger partial charge >= 0.3 is 0 Å². The van der Waals surface area contributed by atoms with E-state index in [9.17, 15) is 0 Å². The van der Waals surface area contributed by atoms with Crippen molar-refractivity contribution < 1.29 is 0 Å². The number of hydrogen-bond acceptors (Lipinski definition) is 4. The molecule has 0 N–H and O–H groups in total. The smallest absolute Gasteiger partial charge is 0.160 e. The highest BCUT2D eigenvalue weighted by Crippen LogP contribution is 2.43. The second-order valence-corrected chi connectivity index (χ2v) is 13.8. The Balaban J connectivity index is 1.03. The number of aromatic nitrogens is 3. The van der Waals surface area contributed by atoms with Crippen molar-refractivity contribution in [3.05, 3.63) is 176 Å². The van der Waals surface area contributed by atoms with Crippen LogP contribution < -0.4 is 0 Å². The lowest BCUT2D eigenvalue weighted by Gasteiger charge is -2.12. The van der Waals surface area contributed by atoms with Crippen LogP contribution in [0.25, 0.3) is 98.1 Å². The lowest BCUT2D eigenvalue weighted by Crippen LogP contribution is -1.95. The van der Waals surface area contributed by atoms with E-state index in [0.29, 0.717) is 5.82 Å². The molecular formula is C47H29N3S. The van der Waals surface area contributed by atoms with Crippen LogP contribution in [0.3, 0.4) is 0 Å². The van der Waals surface area contributed by atoms with Crippen LogP contribution >= 0.6 is 11.3 Å². The van der Waals surface area contributed by atoms with Gasteiger partial charge in [-0.1, -0.05) is 158 Å². The van der Waals surface area contributed by atoms with Gasteiger partial charge in [-0.15, -0.1) is 11.3 Å². The summed E-state index contributed by atoms with van der Waals surface area (Å²) in [5.74, 6) is 0.708. The minimum atomic E-state index is 0.708. The largest absolute Gasteiger partial charge is 0.247 e. The molecule has 51 heavy (non-hydrogen) atoms. The molecule has 0 amide bonds. The van der Waals surface area contributed by atoms with Crippen LogP contribution in [0.15, 0.2) is 176 Å². The average molecular weight is 668 g/mol. The summed E-state index contributed by atoms with van der Waals surface area (Å²) >= 11 is 1.87. The Morgan fingerprint density at radius 1 is 0.353 bits per heavy atom. The number of para-hydroxylation sites is 1. The number of pyridine rings is 1. The van der Waals surface area contributed by atoms with Crippen LogP contribution in [0.5, 0.6) is 0 Å². The number of benzene rings is 7. The van der Waals surface area contributed by atoms with E-state index in [0.717, 1.165) is 56.0 Å². The zero-order valence-corrected chi connectivity index (χ0v) is 28.3. The molecular weight excluding hydrogens is 639 g/mol. The lowest BCUT2D eigenvalue weighted by molar-refractivity contribution is 1.18. The molecule has 0 fully saturated rings. The molecule has 0 bridgehead atoms.